The van der Waals surface area contributed by atoms with E-state index in [4.69, 9.17) is 9.47 Å². The summed E-state index contributed by atoms with van der Waals surface area (Å²) < 4.78 is 11.0. The Morgan fingerprint density at radius 1 is 0.973 bits per heavy atom. The van der Waals surface area contributed by atoms with E-state index in [-0.39, 0.29) is 31.3 Å². The summed E-state index contributed by atoms with van der Waals surface area (Å²) in [4.78, 5) is 32.1. The monoisotopic (exact) mass is 519 g/mol. The number of amides is 3. The van der Waals surface area contributed by atoms with Crippen molar-refractivity contribution in [1.82, 2.24) is 9.80 Å². The molecule has 0 saturated heterocycles. The van der Waals surface area contributed by atoms with Crippen LogP contribution < -0.4 is 14.8 Å². The Balaban J connectivity index is 1.37. The van der Waals surface area contributed by atoms with Crippen molar-refractivity contribution in [1.29, 1.82) is 0 Å². The van der Waals surface area contributed by atoms with Crippen LogP contribution in [0.15, 0.2) is 60.0 Å². The number of thiophene rings is 1. The molecular weight excluding hydrogens is 486 g/mol. The first-order valence-electron chi connectivity index (χ1n) is 12.9. The van der Waals surface area contributed by atoms with Crippen molar-refractivity contribution in [3.05, 3.63) is 76.0 Å². The first-order chi connectivity index (χ1) is 18.1. The number of nitrogens with one attached hydrogen (secondary N) is 1. The highest BCUT2D eigenvalue weighted by Gasteiger charge is 2.30. The molecule has 2 heterocycles. The van der Waals surface area contributed by atoms with E-state index in [2.05, 4.69) is 23.7 Å². The highest BCUT2D eigenvalue weighted by Crippen LogP contribution is 2.33. The molecule has 2 aliphatic rings. The Morgan fingerprint density at radius 3 is 2.51 bits per heavy atom. The number of urea groups is 1. The zero-order valence-corrected chi connectivity index (χ0v) is 22.0. The lowest BCUT2D eigenvalue weighted by atomic mass is 9.94. The largest absolute Gasteiger partial charge is 0.454 e. The number of hydrogen-bond donors (Lipinski definition) is 1. The summed E-state index contributed by atoms with van der Waals surface area (Å²) in [5.41, 5.74) is 2.86. The smallest absolute Gasteiger partial charge is 0.322 e. The van der Waals surface area contributed by atoms with Crippen LogP contribution in [-0.2, 0) is 17.9 Å². The van der Waals surface area contributed by atoms with Crippen molar-refractivity contribution < 1.29 is 19.1 Å². The number of rotatable bonds is 8. The van der Waals surface area contributed by atoms with Crippen LogP contribution in [0.25, 0.3) is 0 Å². The third-order valence-electron chi connectivity index (χ3n) is 7.07. The van der Waals surface area contributed by atoms with Crippen molar-refractivity contribution in [2.75, 3.05) is 18.7 Å². The Hall–Kier alpha value is -3.52. The van der Waals surface area contributed by atoms with Crippen molar-refractivity contribution in [2.24, 2.45) is 0 Å². The summed E-state index contributed by atoms with van der Waals surface area (Å²) in [5, 5.41) is 5.06. The van der Waals surface area contributed by atoms with Gasteiger partial charge in [-0.15, -0.1) is 11.3 Å². The summed E-state index contributed by atoms with van der Waals surface area (Å²) >= 11 is 1.65. The maximum Gasteiger partial charge on any atom is 0.322 e. The maximum atomic E-state index is 13.9. The van der Waals surface area contributed by atoms with Gasteiger partial charge in [0.25, 0.3) is 0 Å². The average Bonchev–Trinajstić information content (AvgIpc) is 3.56. The van der Waals surface area contributed by atoms with E-state index in [1.165, 1.54) is 12.0 Å². The van der Waals surface area contributed by atoms with Gasteiger partial charge in [0.05, 0.1) is 6.54 Å². The SMILES string of the molecule is Cc1ccsc1CN(Cc1ccc2c(c1)OCO2)C(=O)CN(C(=O)Nc1ccccc1)C1CCCCC1. The maximum absolute atomic E-state index is 13.9. The minimum atomic E-state index is -0.221. The normalized spacial score (nSPS) is 14.8. The Morgan fingerprint density at radius 2 is 1.76 bits per heavy atom. The van der Waals surface area contributed by atoms with E-state index in [1.807, 2.05) is 53.4 Å². The third-order valence-corrected chi connectivity index (χ3v) is 8.08. The van der Waals surface area contributed by atoms with E-state index in [0.29, 0.717) is 18.8 Å². The molecule has 3 aromatic rings. The number of para-hydroxylation sites is 1. The second kappa shape index (κ2) is 11.7. The van der Waals surface area contributed by atoms with Crippen LogP contribution in [0.2, 0.25) is 0 Å². The van der Waals surface area contributed by atoms with Gasteiger partial charge in [0.2, 0.25) is 12.7 Å². The second-order valence-corrected chi connectivity index (χ2v) is 10.7. The summed E-state index contributed by atoms with van der Waals surface area (Å²) in [6.45, 7) is 3.24. The number of carbonyl (C=O) groups excluding carboxylic acids is 2. The van der Waals surface area contributed by atoms with Gasteiger partial charge in [0, 0.05) is 23.2 Å². The molecule has 7 nitrogen and oxygen atoms in total. The van der Waals surface area contributed by atoms with E-state index >= 15 is 0 Å². The topological polar surface area (TPSA) is 71.1 Å². The molecule has 3 amide bonds. The zero-order valence-electron chi connectivity index (χ0n) is 21.2. The number of ether oxygens (including phenoxy) is 2. The number of benzene rings is 2. The first-order valence-corrected chi connectivity index (χ1v) is 13.8. The predicted molar refractivity (Wildman–Crippen MR) is 145 cm³/mol. The number of aryl methyl sites for hydroxylation is 1. The molecule has 0 bridgehead atoms. The lowest BCUT2D eigenvalue weighted by Gasteiger charge is -2.35. The van der Waals surface area contributed by atoms with Crippen LogP contribution in [0.5, 0.6) is 11.5 Å². The molecule has 1 aromatic heterocycles. The Labute approximate surface area is 222 Å². The minimum Gasteiger partial charge on any atom is -0.454 e. The lowest BCUT2D eigenvalue weighted by molar-refractivity contribution is -0.133. The van der Waals surface area contributed by atoms with Crippen molar-refractivity contribution in [3.63, 3.8) is 0 Å². The summed E-state index contributed by atoms with van der Waals surface area (Å²) in [6, 6.07) is 17.1. The molecule has 1 N–H and O–H groups in total. The molecule has 1 fully saturated rings. The minimum absolute atomic E-state index is 0.0400. The number of nitrogens with zero attached hydrogens (tertiary/aromatic N) is 2. The molecule has 37 heavy (non-hydrogen) atoms. The molecule has 0 unspecified atom stereocenters. The summed E-state index contributed by atoms with van der Waals surface area (Å²) in [6.07, 6.45) is 5.16. The van der Waals surface area contributed by atoms with Crippen LogP contribution in [-0.4, -0.2) is 41.1 Å². The van der Waals surface area contributed by atoms with Gasteiger partial charge in [0.15, 0.2) is 11.5 Å². The van der Waals surface area contributed by atoms with Crippen molar-refractivity contribution in [3.8, 4) is 11.5 Å². The molecule has 1 aliphatic heterocycles. The van der Waals surface area contributed by atoms with Crippen LogP contribution in [0.4, 0.5) is 10.5 Å². The molecule has 0 spiro atoms. The van der Waals surface area contributed by atoms with Crippen LogP contribution in [0.1, 0.15) is 48.1 Å². The van der Waals surface area contributed by atoms with Crippen molar-refractivity contribution >= 4 is 29.0 Å². The quantitative estimate of drug-likeness (QED) is 0.386. The number of fused-ring (bicyclic) bond motifs is 1. The molecule has 194 valence electrons. The highest BCUT2D eigenvalue weighted by molar-refractivity contribution is 7.10. The molecule has 5 rings (SSSR count). The number of hydrogen-bond acceptors (Lipinski definition) is 5. The molecule has 0 radical (unpaired) electrons. The fourth-order valence-electron chi connectivity index (χ4n) is 4.95. The van der Waals surface area contributed by atoms with Gasteiger partial charge in [-0.3, -0.25) is 4.79 Å². The van der Waals surface area contributed by atoms with Crippen LogP contribution in [0.3, 0.4) is 0 Å². The molecule has 1 aliphatic carbocycles. The fraction of sp³-hybridized carbons (Fsp3) is 0.379. The highest BCUT2D eigenvalue weighted by atomic mass is 32.1. The van der Waals surface area contributed by atoms with Crippen LogP contribution >= 0.6 is 11.3 Å². The van der Waals surface area contributed by atoms with Gasteiger partial charge in [-0.05, 0) is 66.6 Å². The predicted octanol–water partition coefficient (Wildman–Crippen LogP) is 6.18. The van der Waals surface area contributed by atoms with Gasteiger partial charge in [-0.2, -0.15) is 0 Å². The number of carbonyl (C=O) groups is 2. The third kappa shape index (κ3) is 6.25. The van der Waals surface area contributed by atoms with E-state index in [1.54, 1.807) is 16.2 Å². The Bertz CT molecular complexity index is 1220. The average molecular weight is 520 g/mol. The molecule has 0 atom stereocenters. The van der Waals surface area contributed by atoms with Gasteiger partial charge in [-0.1, -0.05) is 43.5 Å². The first kappa shape index (κ1) is 25.1. The van der Waals surface area contributed by atoms with Gasteiger partial charge in [0.1, 0.15) is 6.54 Å². The molecule has 2 aromatic carbocycles. The fourth-order valence-corrected chi connectivity index (χ4v) is 5.87. The zero-order chi connectivity index (χ0) is 25.6. The van der Waals surface area contributed by atoms with E-state index < -0.39 is 0 Å². The second-order valence-electron chi connectivity index (χ2n) is 9.68. The standard InChI is InChI=1S/C29H33N3O4S/c1-21-14-15-37-27(21)18-31(17-22-12-13-25-26(16-22)36-20-35-25)28(33)19-32(24-10-6-3-7-11-24)29(34)30-23-8-4-2-5-9-23/h2,4-5,8-9,12-16,24H,3,6-7,10-11,17-20H2,1H3,(H,30,34). The van der Waals surface area contributed by atoms with Crippen LogP contribution in [0, 0.1) is 6.92 Å². The van der Waals surface area contributed by atoms with Gasteiger partial charge in [-0.25, -0.2) is 4.79 Å². The molecule has 1 saturated carbocycles. The number of anilines is 1. The van der Waals surface area contributed by atoms with E-state index in [0.717, 1.165) is 47.6 Å². The summed E-state index contributed by atoms with van der Waals surface area (Å²) in [7, 11) is 0. The lowest BCUT2D eigenvalue weighted by Crippen LogP contribution is -2.49. The van der Waals surface area contributed by atoms with Gasteiger partial charge < -0.3 is 24.6 Å². The van der Waals surface area contributed by atoms with Crippen molar-refractivity contribution in [2.45, 2.75) is 58.2 Å². The molecule has 8 heteroatoms. The molecular formula is C29H33N3O4S. The summed E-state index contributed by atoms with van der Waals surface area (Å²) in [5.74, 6) is 1.35. The van der Waals surface area contributed by atoms with Gasteiger partial charge >= 0.3 is 6.03 Å². The van der Waals surface area contributed by atoms with E-state index in [9.17, 15) is 9.59 Å². The Kier molecular flexibility index (Phi) is 7.94.